The van der Waals surface area contributed by atoms with Gasteiger partial charge in [0.15, 0.2) is 0 Å². The number of rotatable bonds is 4. The minimum Gasteiger partial charge on any atom is -0.497 e. The lowest BCUT2D eigenvalue weighted by atomic mass is 9.43. The second-order valence-corrected chi connectivity index (χ2v) is 10.6. The molecule has 0 amide bonds. The van der Waals surface area contributed by atoms with Crippen LogP contribution in [0.2, 0.25) is 0 Å². The molecule has 7 heteroatoms. The summed E-state index contributed by atoms with van der Waals surface area (Å²) in [5, 5.41) is 0. The molecule has 3 saturated carbocycles. The fraction of sp³-hybridized carbons (Fsp3) is 0.696. The fourth-order valence-electron chi connectivity index (χ4n) is 5.63. The maximum atomic E-state index is 12.9. The van der Waals surface area contributed by atoms with Gasteiger partial charge in [0.05, 0.1) is 25.9 Å². The first kappa shape index (κ1) is 21.5. The number of benzene rings is 1. The van der Waals surface area contributed by atoms with Crippen molar-refractivity contribution in [1.29, 1.82) is 0 Å². The van der Waals surface area contributed by atoms with Gasteiger partial charge in [-0.2, -0.15) is 0 Å². The van der Waals surface area contributed by atoms with Crippen LogP contribution >= 0.6 is 0 Å². The fourth-order valence-corrected chi connectivity index (χ4v) is 5.63. The third-order valence-corrected chi connectivity index (χ3v) is 7.35. The maximum absolute atomic E-state index is 12.9. The molecule has 1 unspecified atom stereocenters. The van der Waals surface area contributed by atoms with Crippen LogP contribution in [0.15, 0.2) is 12.1 Å². The van der Waals surface area contributed by atoms with Crippen LogP contribution < -0.4 is 14.9 Å². The summed E-state index contributed by atoms with van der Waals surface area (Å²) in [5.41, 5.74) is 0.231. The molecular weight excluding hydrogens is 383 g/mol. The molecule has 0 N–H and O–H groups in total. The van der Waals surface area contributed by atoms with Gasteiger partial charge in [-0.05, 0) is 69.9 Å². The molecule has 1 aromatic carbocycles. The maximum Gasteiger partial charge on any atom is 0.498 e. The van der Waals surface area contributed by atoms with Crippen molar-refractivity contribution in [3.8, 4) is 11.5 Å². The first-order valence-corrected chi connectivity index (χ1v) is 10.7. The highest BCUT2D eigenvalue weighted by Crippen LogP contribution is 2.65. The van der Waals surface area contributed by atoms with Crippen LogP contribution in [-0.4, -0.2) is 44.6 Å². The Morgan fingerprint density at radius 2 is 1.83 bits per heavy atom. The molecule has 30 heavy (non-hydrogen) atoms. The van der Waals surface area contributed by atoms with Crippen molar-refractivity contribution in [2.75, 3.05) is 14.2 Å². The van der Waals surface area contributed by atoms with Crippen LogP contribution in [0.5, 0.6) is 11.5 Å². The Balaban J connectivity index is 1.71. The molecule has 164 valence electrons. The summed E-state index contributed by atoms with van der Waals surface area (Å²) >= 11 is 0. The second-order valence-electron chi connectivity index (χ2n) is 10.6. The quantitative estimate of drug-likeness (QED) is 0.552. The van der Waals surface area contributed by atoms with Crippen molar-refractivity contribution in [1.82, 2.24) is 0 Å². The van der Waals surface area contributed by atoms with E-state index in [4.69, 9.17) is 23.5 Å². The third kappa shape index (κ3) is 3.21. The lowest BCUT2D eigenvalue weighted by Gasteiger charge is -2.64. The number of carbonyl (C=O) groups is 1. The van der Waals surface area contributed by atoms with E-state index in [1.165, 1.54) is 6.42 Å². The summed E-state index contributed by atoms with van der Waals surface area (Å²) in [7, 11) is 2.49. The Morgan fingerprint density at radius 3 is 2.40 bits per heavy atom. The van der Waals surface area contributed by atoms with E-state index in [2.05, 4.69) is 20.8 Å². The van der Waals surface area contributed by atoms with Crippen LogP contribution in [0.1, 0.15) is 64.7 Å². The van der Waals surface area contributed by atoms with Crippen molar-refractivity contribution >= 4 is 18.6 Å². The molecule has 2 bridgehead atoms. The highest BCUT2D eigenvalue weighted by atomic mass is 16.7. The average molecular weight is 416 g/mol. The summed E-state index contributed by atoms with van der Waals surface area (Å²) in [6, 6.07) is 3.47. The topological polar surface area (TPSA) is 63.2 Å². The molecule has 0 spiro atoms. The van der Waals surface area contributed by atoms with E-state index in [1.807, 2.05) is 26.8 Å². The summed E-state index contributed by atoms with van der Waals surface area (Å²) in [4.78, 5) is 12.9. The average Bonchev–Trinajstić information content (AvgIpc) is 3.02. The van der Waals surface area contributed by atoms with Gasteiger partial charge in [-0.1, -0.05) is 13.8 Å². The SMILES string of the molecule is COc1cc(B2OC3C[C@@H]4C[C@@H](C4(C)C)[C@]3(C)O2)c(OC)c(C(=O)OC(C)(C)C)c1. The monoisotopic (exact) mass is 416 g/mol. The summed E-state index contributed by atoms with van der Waals surface area (Å²) in [6.07, 6.45) is 2.19. The first-order chi connectivity index (χ1) is 13.9. The summed E-state index contributed by atoms with van der Waals surface area (Å²) in [5.74, 6) is 1.57. The van der Waals surface area contributed by atoms with Gasteiger partial charge in [-0.15, -0.1) is 0 Å². The molecule has 1 saturated heterocycles. The molecular formula is C23H33BO6. The smallest absolute Gasteiger partial charge is 0.497 e. The van der Waals surface area contributed by atoms with E-state index < -0.39 is 18.7 Å². The van der Waals surface area contributed by atoms with Gasteiger partial charge in [-0.25, -0.2) is 4.79 Å². The number of ether oxygens (including phenoxy) is 3. The van der Waals surface area contributed by atoms with E-state index in [0.29, 0.717) is 34.4 Å². The van der Waals surface area contributed by atoms with Crippen molar-refractivity contribution in [3.05, 3.63) is 17.7 Å². The number of hydrogen-bond acceptors (Lipinski definition) is 6. The zero-order chi connectivity index (χ0) is 22.1. The molecule has 4 fully saturated rings. The van der Waals surface area contributed by atoms with E-state index in [0.717, 1.165) is 6.42 Å². The molecule has 5 rings (SSSR count). The zero-order valence-electron chi connectivity index (χ0n) is 19.3. The summed E-state index contributed by atoms with van der Waals surface area (Å²) in [6.45, 7) is 12.3. The number of carbonyl (C=O) groups excluding carboxylic acids is 1. The Hall–Kier alpha value is -1.73. The van der Waals surface area contributed by atoms with Gasteiger partial charge in [0, 0.05) is 5.46 Å². The summed E-state index contributed by atoms with van der Waals surface area (Å²) < 4.78 is 29.7. The number of hydrogen-bond donors (Lipinski definition) is 0. The molecule has 4 aliphatic rings. The van der Waals surface area contributed by atoms with Gasteiger partial charge in [0.1, 0.15) is 22.7 Å². The van der Waals surface area contributed by atoms with E-state index >= 15 is 0 Å². The van der Waals surface area contributed by atoms with Crippen LogP contribution in [0, 0.1) is 17.3 Å². The van der Waals surface area contributed by atoms with Gasteiger partial charge >= 0.3 is 13.1 Å². The molecule has 6 nitrogen and oxygen atoms in total. The Kier molecular flexibility index (Phi) is 4.94. The van der Waals surface area contributed by atoms with Crippen molar-refractivity contribution in [2.45, 2.75) is 71.7 Å². The predicted octanol–water partition coefficient (Wildman–Crippen LogP) is 3.59. The number of methoxy groups -OCH3 is 2. The van der Waals surface area contributed by atoms with Crippen LogP contribution in [-0.2, 0) is 14.0 Å². The first-order valence-electron chi connectivity index (χ1n) is 10.7. The molecule has 0 aromatic heterocycles. The Bertz CT molecular complexity index is 860. The minimum atomic E-state index is -0.624. The molecule has 3 aliphatic carbocycles. The van der Waals surface area contributed by atoms with Gasteiger partial charge in [0.2, 0.25) is 0 Å². The lowest BCUT2D eigenvalue weighted by Crippen LogP contribution is -2.65. The van der Waals surface area contributed by atoms with E-state index in [1.54, 1.807) is 20.3 Å². The number of esters is 1. The lowest BCUT2D eigenvalue weighted by molar-refractivity contribution is -0.199. The van der Waals surface area contributed by atoms with E-state index in [9.17, 15) is 4.79 Å². The molecule has 0 radical (unpaired) electrons. The van der Waals surface area contributed by atoms with E-state index in [-0.39, 0.29) is 17.1 Å². The van der Waals surface area contributed by atoms with Gasteiger partial charge in [0.25, 0.3) is 0 Å². The second kappa shape index (κ2) is 6.89. The highest BCUT2D eigenvalue weighted by molar-refractivity contribution is 6.63. The van der Waals surface area contributed by atoms with Crippen LogP contribution in [0.4, 0.5) is 0 Å². The largest absolute Gasteiger partial charge is 0.498 e. The third-order valence-electron chi connectivity index (χ3n) is 7.35. The minimum absolute atomic E-state index is 0.0279. The highest BCUT2D eigenvalue weighted by Gasteiger charge is 2.68. The van der Waals surface area contributed by atoms with Gasteiger partial charge < -0.3 is 23.5 Å². The standard InChI is InChI=1S/C23H33BO6/c1-21(2,3)28-20(25)15-11-14(26-7)12-16(19(15)27-8)24-29-18-10-13-9-17(22(13,4)5)23(18,6)30-24/h11-13,17-18H,9-10H2,1-8H3/t13-,17-,18?,23-/m0/s1. The van der Waals surface area contributed by atoms with Crippen molar-refractivity contribution in [3.63, 3.8) is 0 Å². The molecule has 4 atom stereocenters. The van der Waals surface area contributed by atoms with Gasteiger partial charge in [-0.3, -0.25) is 0 Å². The normalized spacial score (nSPS) is 31.6. The zero-order valence-corrected chi connectivity index (χ0v) is 19.3. The van der Waals surface area contributed by atoms with Crippen molar-refractivity contribution in [2.24, 2.45) is 17.3 Å². The van der Waals surface area contributed by atoms with Crippen molar-refractivity contribution < 1.29 is 28.3 Å². The molecule has 1 aromatic rings. The van der Waals surface area contributed by atoms with Crippen LogP contribution in [0.25, 0.3) is 0 Å². The molecule has 1 heterocycles. The Labute approximate surface area is 179 Å². The molecule has 1 aliphatic heterocycles. The Morgan fingerprint density at radius 1 is 1.13 bits per heavy atom. The van der Waals surface area contributed by atoms with Crippen LogP contribution in [0.3, 0.4) is 0 Å². The predicted molar refractivity (Wildman–Crippen MR) is 114 cm³/mol.